The van der Waals surface area contributed by atoms with Gasteiger partial charge in [-0.15, -0.1) is 0 Å². The summed E-state index contributed by atoms with van der Waals surface area (Å²) in [7, 11) is 1.85. The quantitative estimate of drug-likeness (QED) is 0.467. The number of epoxide rings is 1. The van der Waals surface area contributed by atoms with Crippen molar-refractivity contribution < 1.29 is 4.74 Å². The lowest BCUT2D eigenvalue weighted by atomic mass is 10.3. The van der Waals surface area contributed by atoms with E-state index in [1.54, 1.807) is 0 Å². The van der Waals surface area contributed by atoms with Crippen LogP contribution in [0.4, 0.5) is 0 Å². The van der Waals surface area contributed by atoms with Crippen molar-refractivity contribution in [2.24, 2.45) is 0 Å². The van der Waals surface area contributed by atoms with Crippen LogP contribution in [0.3, 0.4) is 0 Å². The smallest absolute Gasteiger partial charge is 0.102 e. The molecule has 0 aromatic carbocycles. The summed E-state index contributed by atoms with van der Waals surface area (Å²) in [5.74, 6) is 0. The molecule has 1 heterocycles. The molecule has 2 nitrogen and oxygen atoms in total. The third-order valence-electron chi connectivity index (χ3n) is 1.57. The lowest BCUT2D eigenvalue weighted by Gasteiger charge is -1.93. The van der Waals surface area contributed by atoms with Gasteiger partial charge in [0.1, 0.15) is 6.10 Å². The van der Waals surface area contributed by atoms with Crippen molar-refractivity contribution in [3.8, 4) is 0 Å². The highest BCUT2D eigenvalue weighted by Gasteiger charge is 2.30. The lowest BCUT2D eigenvalue weighted by Crippen LogP contribution is -2.00. The Balaban J connectivity index is 2.23. The van der Waals surface area contributed by atoms with Gasteiger partial charge in [-0.1, -0.05) is 12.7 Å². The SMILES string of the molecule is C=C(/C=C\C1OC1C)NC. The molecule has 0 radical (unpaired) electrons. The second-order valence-corrected chi connectivity index (χ2v) is 2.44. The summed E-state index contributed by atoms with van der Waals surface area (Å²) in [4.78, 5) is 0. The zero-order valence-electron chi connectivity index (χ0n) is 6.42. The summed E-state index contributed by atoms with van der Waals surface area (Å²) in [6.07, 6.45) is 4.68. The van der Waals surface area contributed by atoms with Crippen molar-refractivity contribution in [2.75, 3.05) is 7.05 Å². The zero-order chi connectivity index (χ0) is 7.56. The molecule has 1 N–H and O–H groups in total. The highest BCUT2D eigenvalue weighted by Crippen LogP contribution is 2.21. The van der Waals surface area contributed by atoms with E-state index in [0.717, 1.165) is 5.70 Å². The number of allylic oxidation sites excluding steroid dienone is 1. The lowest BCUT2D eigenvalue weighted by molar-refractivity contribution is 0.400. The highest BCUT2D eigenvalue weighted by molar-refractivity contribution is 5.15. The molecule has 2 unspecified atom stereocenters. The van der Waals surface area contributed by atoms with Crippen molar-refractivity contribution in [2.45, 2.75) is 19.1 Å². The van der Waals surface area contributed by atoms with Crippen molar-refractivity contribution in [3.63, 3.8) is 0 Å². The van der Waals surface area contributed by atoms with Gasteiger partial charge in [0.2, 0.25) is 0 Å². The van der Waals surface area contributed by atoms with Crippen LogP contribution in [0.1, 0.15) is 6.92 Å². The standard InChI is InChI=1S/C8H13NO/c1-6(9-3)4-5-8-7(2)10-8/h4-5,7-9H,1H2,2-3H3/b5-4-. The Morgan fingerprint density at radius 1 is 1.70 bits per heavy atom. The molecule has 0 spiro atoms. The number of ether oxygens (including phenoxy) is 1. The Labute approximate surface area is 61.6 Å². The second kappa shape index (κ2) is 2.88. The Morgan fingerprint density at radius 3 is 2.70 bits per heavy atom. The first-order chi connectivity index (χ1) is 4.74. The number of rotatable bonds is 3. The van der Waals surface area contributed by atoms with E-state index in [2.05, 4.69) is 18.8 Å². The molecule has 1 aliphatic rings. The molecule has 1 rings (SSSR count). The van der Waals surface area contributed by atoms with Gasteiger partial charge in [-0.05, 0) is 13.0 Å². The van der Waals surface area contributed by atoms with Gasteiger partial charge in [-0.3, -0.25) is 0 Å². The Bertz CT molecular complexity index is 163. The van der Waals surface area contributed by atoms with Gasteiger partial charge in [0.05, 0.1) is 6.10 Å². The van der Waals surface area contributed by atoms with Crippen molar-refractivity contribution in [3.05, 3.63) is 24.4 Å². The molecule has 1 saturated heterocycles. The largest absolute Gasteiger partial charge is 0.389 e. The van der Waals surface area contributed by atoms with Crippen LogP contribution >= 0.6 is 0 Å². The molecular formula is C8H13NO. The van der Waals surface area contributed by atoms with E-state index >= 15 is 0 Å². The Kier molecular flexibility index (Phi) is 2.12. The fourth-order valence-corrected chi connectivity index (χ4v) is 0.699. The summed E-state index contributed by atoms with van der Waals surface area (Å²) in [6, 6.07) is 0. The third-order valence-corrected chi connectivity index (χ3v) is 1.57. The molecule has 1 fully saturated rings. The molecule has 2 heteroatoms. The molecule has 0 aliphatic carbocycles. The van der Waals surface area contributed by atoms with E-state index in [-0.39, 0.29) is 0 Å². The maximum atomic E-state index is 5.16. The van der Waals surface area contributed by atoms with Crippen LogP contribution in [0.5, 0.6) is 0 Å². The minimum Gasteiger partial charge on any atom is -0.389 e. The van der Waals surface area contributed by atoms with Crippen molar-refractivity contribution in [1.29, 1.82) is 0 Å². The normalized spacial score (nSPS) is 30.6. The van der Waals surface area contributed by atoms with Gasteiger partial charge in [-0.2, -0.15) is 0 Å². The minimum absolute atomic E-state index is 0.324. The predicted octanol–water partition coefficient (Wildman–Crippen LogP) is 1.06. The Morgan fingerprint density at radius 2 is 2.30 bits per heavy atom. The summed E-state index contributed by atoms with van der Waals surface area (Å²) in [6.45, 7) is 5.80. The van der Waals surface area contributed by atoms with Crippen LogP contribution in [0.2, 0.25) is 0 Å². The predicted molar refractivity (Wildman–Crippen MR) is 41.7 cm³/mol. The first-order valence-electron chi connectivity index (χ1n) is 3.44. The van der Waals surface area contributed by atoms with Crippen LogP contribution in [0.25, 0.3) is 0 Å². The van der Waals surface area contributed by atoms with E-state index in [1.165, 1.54) is 0 Å². The first-order valence-corrected chi connectivity index (χ1v) is 3.44. The number of likely N-dealkylation sites (N-methyl/N-ethyl adjacent to an activating group) is 1. The molecule has 0 amide bonds. The Hall–Kier alpha value is -0.760. The maximum Gasteiger partial charge on any atom is 0.102 e. The van der Waals surface area contributed by atoms with Crippen LogP contribution < -0.4 is 5.32 Å². The molecule has 56 valence electrons. The topological polar surface area (TPSA) is 24.6 Å². The van der Waals surface area contributed by atoms with Crippen molar-refractivity contribution in [1.82, 2.24) is 5.32 Å². The van der Waals surface area contributed by atoms with Crippen LogP contribution in [-0.4, -0.2) is 19.3 Å². The van der Waals surface area contributed by atoms with E-state index in [1.807, 2.05) is 19.2 Å². The van der Waals surface area contributed by atoms with Gasteiger partial charge < -0.3 is 10.1 Å². The van der Waals surface area contributed by atoms with E-state index < -0.39 is 0 Å². The van der Waals surface area contributed by atoms with Gasteiger partial charge in [0, 0.05) is 12.7 Å². The van der Waals surface area contributed by atoms with Gasteiger partial charge >= 0.3 is 0 Å². The molecule has 1 aliphatic heterocycles. The highest BCUT2D eigenvalue weighted by atomic mass is 16.6. The summed E-state index contributed by atoms with van der Waals surface area (Å²) in [5.41, 5.74) is 0.919. The van der Waals surface area contributed by atoms with Crippen LogP contribution in [0, 0.1) is 0 Å². The fraction of sp³-hybridized carbons (Fsp3) is 0.500. The third kappa shape index (κ3) is 1.88. The number of nitrogens with one attached hydrogen (secondary N) is 1. The molecule has 0 aromatic heterocycles. The maximum absolute atomic E-state index is 5.16. The fourth-order valence-electron chi connectivity index (χ4n) is 0.699. The average Bonchev–Trinajstić information content (AvgIpc) is 2.61. The van der Waals surface area contributed by atoms with Gasteiger partial charge in [0.15, 0.2) is 0 Å². The average molecular weight is 139 g/mol. The molecule has 0 saturated carbocycles. The zero-order valence-corrected chi connectivity index (χ0v) is 6.42. The summed E-state index contributed by atoms with van der Waals surface area (Å²) >= 11 is 0. The molecular weight excluding hydrogens is 126 g/mol. The number of hydrogen-bond donors (Lipinski definition) is 1. The molecule has 0 aromatic rings. The first kappa shape index (κ1) is 7.35. The van der Waals surface area contributed by atoms with Crippen molar-refractivity contribution >= 4 is 0 Å². The molecule has 10 heavy (non-hydrogen) atoms. The van der Waals surface area contributed by atoms with Gasteiger partial charge in [-0.25, -0.2) is 0 Å². The second-order valence-electron chi connectivity index (χ2n) is 2.44. The summed E-state index contributed by atoms with van der Waals surface area (Å²) < 4.78 is 5.16. The number of hydrogen-bond acceptors (Lipinski definition) is 2. The molecule has 0 bridgehead atoms. The van der Waals surface area contributed by atoms with Crippen LogP contribution in [-0.2, 0) is 4.74 Å². The minimum atomic E-state index is 0.324. The van der Waals surface area contributed by atoms with Crippen LogP contribution in [0.15, 0.2) is 24.4 Å². The van der Waals surface area contributed by atoms with E-state index in [4.69, 9.17) is 4.74 Å². The molecule has 2 atom stereocenters. The van der Waals surface area contributed by atoms with Gasteiger partial charge in [0.25, 0.3) is 0 Å². The monoisotopic (exact) mass is 139 g/mol. The summed E-state index contributed by atoms with van der Waals surface area (Å²) in [5, 5.41) is 2.93. The van der Waals surface area contributed by atoms with E-state index in [0.29, 0.717) is 12.2 Å². The van der Waals surface area contributed by atoms with E-state index in [9.17, 15) is 0 Å².